The molecule has 0 aromatic rings. The molecule has 10 nitrogen and oxygen atoms in total. The summed E-state index contributed by atoms with van der Waals surface area (Å²) in [5.41, 5.74) is 5.34. The quantitative estimate of drug-likeness (QED) is 0.0236. The van der Waals surface area contributed by atoms with Crippen molar-refractivity contribution in [3.05, 3.63) is 60.8 Å². The molecule has 0 rings (SSSR count). The van der Waals surface area contributed by atoms with Gasteiger partial charge in [-0.1, -0.05) is 164 Å². The third-order valence-electron chi connectivity index (χ3n) is 8.81. The fraction of sp³-hybridized carbons (Fsp3) is 0.727. The van der Waals surface area contributed by atoms with Crippen LogP contribution in [0.5, 0.6) is 0 Å². The van der Waals surface area contributed by atoms with E-state index < -0.39 is 45.1 Å². The summed E-state index contributed by atoms with van der Waals surface area (Å²) < 4.78 is 33.2. The molecule has 0 bridgehead atoms. The lowest BCUT2D eigenvalue weighted by atomic mass is 10.1. The van der Waals surface area contributed by atoms with E-state index in [0.29, 0.717) is 13.0 Å². The number of carbonyl (C=O) groups excluding carboxylic acids is 1. The van der Waals surface area contributed by atoms with Crippen LogP contribution in [0.1, 0.15) is 168 Å². The van der Waals surface area contributed by atoms with Crippen molar-refractivity contribution in [1.82, 2.24) is 0 Å². The Morgan fingerprint density at radius 1 is 0.600 bits per heavy atom. The first-order valence-electron chi connectivity index (χ1n) is 21.3. The van der Waals surface area contributed by atoms with Crippen molar-refractivity contribution >= 4 is 19.8 Å². The van der Waals surface area contributed by atoms with Gasteiger partial charge in [-0.2, -0.15) is 0 Å². The third kappa shape index (κ3) is 39.7. The highest BCUT2D eigenvalue weighted by Crippen LogP contribution is 2.43. The van der Waals surface area contributed by atoms with E-state index in [1.807, 2.05) is 0 Å². The first-order valence-corrected chi connectivity index (χ1v) is 22.8. The lowest BCUT2D eigenvalue weighted by Crippen LogP contribution is -2.34. The number of rotatable bonds is 40. The molecule has 0 radical (unpaired) electrons. The molecule has 11 heteroatoms. The summed E-state index contributed by atoms with van der Waals surface area (Å²) in [6, 6.07) is -1.47. The van der Waals surface area contributed by atoms with Crippen LogP contribution in [0, 0.1) is 0 Å². The second kappa shape index (κ2) is 39.9. The Kier molecular flexibility index (Phi) is 38.2. The molecule has 0 aliphatic carbocycles. The van der Waals surface area contributed by atoms with Crippen LogP contribution in [0.15, 0.2) is 60.8 Å². The Hall–Kier alpha value is -2.33. The SMILES string of the molecule is CC/C=C\C/C=C\C/C=C\C/C=C\C/C=C\CCCCCCCCCCOCC(COP(=O)(O)OCC(N)C(=O)O)OC(=O)CCCCCCCCCCC. The van der Waals surface area contributed by atoms with Crippen LogP contribution >= 0.6 is 7.82 Å². The average molecular weight is 796 g/mol. The highest BCUT2D eigenvalue weighted by atomic mass is 31.2. The summed E-state index contributed by atoms with van der Waals surface area (Å²) in [7, 11) is -4.61. The van der Waals surface area contributed by atoms with E-state index in [2.05, 4.69) is 74.6 Å². The van der Waals surface area contributed by atoms with Gasteiger partial charge in [0.25, 0.3) is 0 Å². The molecule has 0 spiro atoms. The number of ether oxygens (including phenoxy) is 2. The van der Waals surface area contributed by atoms with E-state index in [9.17, 15) is 19.0 Å². The number of hydrogen-bond donors (Lipinski definition) is 3. The zero-order valence-electron chi connectivity index (χ0n) is 34.5. The summed E-state index contributed by atoms with van der Waals surface area (Å²) in [6.07, 6.45) is 47.1. The molecule has 55 heavy (non-hydrogen) atoms. The molecule has 0 aromatic carbocycles. The summed E-state index contributed by atoms with van der Waals surface area (Å²) in [6.45, 7) is 3.71. The standard InChI is InChI=1S/C44H78NO9P/c1-3-5-7-9-11-13-14-15-16-17-18-19-20-21-22-23-24-25-26-27-29-31-33-35-37-51-38-41(39-52-55(49,50)53-40-42(45)44(47)48)54-43(46)36-34-32-30-28-12-10-8-6-4-2/h5,7,11,13,15-16,18-19,21-22,41-42H,3-4,6,8-10,12,14,17,20,23-40,45H2,1-2H3,(H,47,48)(H,49,50)/b7-5-,13-11-,16-15-,19-18-,22-21-. The molecule has 0 aliphatic rings. The van der Waals surface area contributed by atoms with Gasteiger partial charge in [-0.15, -0.1) is 0 Å². The molecule has 0 aliphatic heterocycles. The molecule has 3 unspecified atom stereocenters. The van der Waals surface area contributed by atoms with Crippen LogP contribution in [-0.2, 0) is 32.7 Å². The molecule has 4 N–H and O–H groups in total. The van der Waals surface area contributed by atoms with Crippen LogP contribution in [0.25, 0.3) is 0 Å². The number of hydrogen-bond acceptors (Lipinski definition) is 8. The molecule has 0 fully saturated rings. The number of carbonyl (C=O) groups is 2. The van der Waals surface area contributed by atoms with Crippen LogP contribution in [-0.4, -0.2) is 60.5 Å². The van der Waals surface area contributed by atoms with Crippen LogP contribution < -0.4 is 5.73 Å². The van der Waals surface area contributed by atoms with Crippen LogP contribution in [0.4, 0.5) is 0 Å². The van der Waals surface area contributed by atoms with Gasteiger partial charge in [0.15, 0.2) is 0 Å². The van der Waals surface area contributed by atoms with Gasteiger partial charge >= 0.3 is 19.8 Å². The molecular weight excluding hydrogens is 717 g/mol. The van der Waals surface area contributed by atoms with Crippen molar-refractivity contribution in [3.63, 3.8) is 0 Å². The molecule has 0 saturated carbocycles. The number of esters is 1. The first kappa shape index (κ1) is 52.7. The van der Waals surface area contributed by atoms with Crippen LogP contribution in [0.3, 0.4) is 0 Å². The Morgan fingerprint density at radius 2 is 1.05 bits per heavy atom. The van der Waals surface area contributed by atoms with Gasteiger partial charge in [-0.25, -0.2) is 4.57 Å². The fourth-order valence-corrected chi connectivity index (χ4v) is 6.29. The van der Waals surface area contributed by atoms with Gasteiger partial charge < -0.3 is 25.2 Å². The van der Waals surface area contributed by atoms with E-state index in [-0.39, 0.29) is 13.0 Å². The summed E-state index contributed by atoms with van der Waals surface area (Å²) >= 11 is 0. The number of nitrogens with two attached hydrogens (primary N) is 1. The minimum Gasteiger partial charge on any atom is -0.480 e. The molecule has 318 valence electrons. The van der Waals surface area contributed by atoms with Crippen molar-refractivity contribution in [2.75, 3.05) is 26.4 Å². The van der Waals surface area contributed by atoms with Gasteiger partial charge in [0.1, 0.15) is 12.1 Å². The molecule has 0 amide bonds. The smallest absolute Gasteiger partial charge is 0.472 e. The minimum absolute atomic E-state index is 0.00995. The lowest BCUT2D eigenvalue weighted by molar-refractivity contribution is -0.154. The Labute approximate surface area is 334 Å². The molecular formula is C44H78NO9P. The van der Waals surface area contributed by atoms with Gasteiger partial charge in [-0.3, -0.25) is 18.6 Å². The first-order chi connectivity index (χ1) is 26.7. The van der Waals surface area contributed by atoms with Crippen LogP contribution in [0.2, 0.25) is 0 Å². The molecule has 0 saturated heterocycles. The van der Waals surface area contributed by atoms with Gasteiger partial charge in [-0.05, 0) is 57.8 Å². The van der Waals surface area contributed by atoms with Gasteiger partial charge in [0, 0.05) is 13.0 Å². The van der Waals surface area contributed by atoms with E-state index in [1.165, 1.54) is 64.2 Å². The topological polar surface area (TPSA) is 155 Å². The monoisotopic (exact) mass is 796 g/mol. The van der Waals surface area contributed by atoms with E-state index in [1.54, 1.807) is 0 Å². The van der Waals surface area contributed by atoms with E-state index >= 15 is 0 Å². The largest absolute Gasteiger partial charge is 0.480 e. The maximum atomic E-state index is 12.5. The molecule has 3 atom stereocenters. The van der Waals surface area contributed by atoms with E-state index in [0.717, 1.165) is 77.0 Å². The second-order valence-electron chi connectivity index (χ2n) is 14.1. The predicted octanol–water partition coefficient (Wildman–Crippen LogP) is 11.6. The number of phosphoric acid groups is 1. The maximum Gasteiger partial charge on any atom is 0.472 e. The van der Waals surface area contributed by atoms with Crippen molar-refractivity contribution in [1.29, 1.82) is 0 Å². The summed E-state index contributed by atoms with van der Waals surface area (Å²) in [5.74, 6) is -1.79. The number of carboxylic acids is 1. The zero-order chi connectivity index (χ0) is 40.5. The number of unbranched alkanes of at least 4 members (excludes halogenated alkanes) is 16. The number of aliphatic carboxylic acids is 1. The summed E-state index contributed by atoms with van der Waals surface area (Å²) in [5, 5.41) is 8.87. The third-order valence-corrected chi connectivity index (χ3v) is 9.76. The Bertz CT molecular complexity index is 1100. The van der Waals surface area contributed by atoms with Crippen molar-refractivity contribution in [2.24, 2.45) is 5.73 Å². The average Bonchev–Trinajstić information content (AvgIpc) is 3.16. The molecule has 0 heterocycles. The fourth-order valence-electron chi connectivity index (χ4n) is 5.51. The zero-order valence-corrected chi connectivity index (χ0v) is 35.4. The van der Waals surface area contributed by atoms with Crippen molar-refractivity contribution < 1.29 is 42.7 Å². The van der Waals surface area contributed by atoms with Crippen molar-refractivity contribution in [3.8, 4) is 0 Å². The minimum atomic E-state index is -4.61. The lowest BCUT2D eigenvalue weighted by Gasteiger charge is -2.20. The predicted molar refractivity (Wildman–Crippen MR) is 226 cm³/mol. The van der Waals surface area contributed by atoms with E-state index in [4.69, 9.17) is 29.4 Å². The Morgan fingerprint density at radius 3 is 1.58 bits per heavy atom. The van der Waals surface area contributed by atoms with Crippen molar-refractivity contribution in [2.45, 2.75) is 180 Å². The highest BCUT2D eigenvalue weighted by Gasteiger charge is 2.27. The molecule has 0 aromatic heterocycles. The van der Waals surface area contributed by atoms with Gasteiger partial charge in [0.05, 0.1) is 19.8 Å². The van der Waals surface area contributed by atoms with Gasteiger partial charge in [0.2, 0.25) is 0 Å². The summed E-state index contributed by atoms with van der Waals surface area (Å²) in [4.78, 5) is 33.4. The number of carboxylic acid groups (broad SMARTS) is 1. The number of phosphoric ester groups is 1. The highest BCUT2D eigenvalue weighted by molar-refractivity contribution is 7.47. The number of allylic oxidation sites excluding steroid dienone is 10. The normalized spacial score (nSPS) is 14.5. The maximum absolute atomic E-state index is 12.5. The second-order valence-corrected chi connectivity index (χ2v) is 15.5. The Balaban J connectivity index is 4.14.